The Balaban J connectivity index is 2.27. The van der Waals surface area contributed by atoms with Crippen molar-refractivity contribution in [2.75, 3.05) is 23.9 Å². The number of anilines is 1. The number of thioether (sulfide) groups is 1. The van der Waals surface area contributed by atoms with E-state index >= 15 is 0 Å². The van der Waals surface area contributed by atoms with Crippen LogP contribution in [0.3, 0.4) is 0 Å². The summed E-state index contributed by atoms with van der Waals surface area (Å²) in [7, 11) is 0. The molecule has 2 rings (SSSR count). The Hall–Kier alpha value is -1.29. The van der Waals surface area contributed by atoms with Gasteiger partial charge in [0.25, 0.3) is 0 Å². The Kier molecular flexibility index (Phi) is 3.62. The van der Waals surface area contributed by atoms with Gasteiger partial charge in [-0.3, -0.25) is 0 Å². The molecule has 0 aliphatic heterocycles. The van der Waals surface area contributed by atoms with Crippen molar-refractivity contribution in [3.63, 3.8) is 0 Å². The van der Waals surface area contributed by atoms with Gasteiger partial charge in [0.2, 0.25) is 0 Å². The van der Waals surface area contributed by atoms with E-state index in [-0.39, 0.29) is 0 Å². The first-order valence-electron chi connectivity index (χ1n) is 5.27. The Morgan fingerprint density at radius 2 is 1.88 bits per heavy atom. The predicted octanol–water partition coefficient (Wildman–Crippen LogP) is 2.71. The molecule has 0 fully saturated rings. The molecule has 0 spiro atoms. The van der Waals surface area contributed by atoms with E-state index in [1.165, 1.54) is 0 Å². The first kappa shape index (κ1) is 11.2. The van der Waals surface area contributed by atoms with Gasteiger partial charge >= 0.3 is 0 Å². The van der Waals surface area contributed by atoms with E-state index in [4.69, 9.17) is 0 Å². The van der Waals surface area contributed by atoms with Crippen LogP contribution in [-0.4, -0.2) is 28.5 Å². The molecular formula is C12H15N3S. The minimum absolute atomic E-state index is 0.896. The number of hydrogen-bond acceptors (Lipinski definition) is 4. The quantitative estimate of drug-likeness (QED) is 0.824. The van der Waals surface area contributed by atoms with Crippen LogP contribution in [0.15, 0.2) is 24.3 Å². The lowest BCUT2D eigenvalue weighted by Crippen LogP contribution is -2.08. The maximum atomic E-state index is 4.56. The summed E-state index contributed by atoms with van der Waals surface area (Å²) in [4.78, 5) is 9.09. The van der Waals surface area contributed by atoms with Gasteiger partial charge in [0.05, 0.1) is 16.7 Å². The first-order valence-corrected chi connectivity index (χ1v) is 6.67. The van der Waals surface area contributed by atoms with Crippen LogP contribution < -0.4 is 5.32 Å². The van der Waals surface area contributed by atoms with Crippen molar-refractivity contribution < 1.29 is 0 Å². The van der Waals surface area contributed by atoms with Crippen LogP contribution in [0.1, 0.15) is 5.69 Å². The van der Waals surface area contributed by atoms with Crippen LogP contribution in [0.4, 0.5) is 5.82 Å². The molecule has 84 valence electrons. The number of nitrogens with one attached hydrogen (secondary N) is 1. The van der Waals surface area contributed by atoms with Crippen molar-refractivity contribution in [1.29, 1.82) is 0 Å². The van der Waals surface area contributed by atoms with E-state index in [2.05, 4.69) is 21.5 Å². The third kappa shape index (κ3) is 2.44. The summed E-state index contributed by atoms with van der Waals surface area (Å²) in [5.74, 6) is 1.97. The highest BCUT2D eigenvalue weighted by Crippen LogP contribution is 2.15. The van der Waals surface area contributed by atoms with Crippen molar-refractivity contribution in [3.05, 3.63) is 30.0 Å². The molecule has 1 aromatic carbocycles. The average Bonchev–Trinajstić information content (AvgIpc) is 2.30. The molecule has 1 heterocycles. The second-order valence-corrected chi connectivity index (χ2v) is 4.55. The number of aryl methyl sites for hydroxylation is 1. The molecule has 1 aromatic heterocycles. The second kappa shape index (κ2) is 5.16. The lowest BCUT2D eigenvalue weighted by atomic mass is 10.3. The maximum absolute atomic E-state index is 4.56. The number of aromatic nitrogens is 2. The van der Waals surface area contributed by atoms with Crippen molar-refractivity contribution in [3.8, 4) is 0 Å². The van der Waals surface area contributed by atoms with Crippen molar-refractivity contribution in [2.45, 2.75) is 6.92 Å². The lowest BCUT2D eigenvalue weighted by Gasteiger charge is -2.08. The van der Waals surface area contributed by atoms with Gasteiger partial charge in [0, 0.05) is 12.3 Å². The molecule has 0 bridgehead atoms. The molecule has 0 saturated carbocycles. The fourth-order valence-electron chi connectivity index (χ4n) is 1.53. The van der Waals surface area contributed by atoms with E-state index in [0.29, 0.717) is 0 Å². The molecule has 0 atom stereocenters. The van der Waals surface area contributed by atoms with E-state index in [1.54, 1.807) is 0 Å². The molecule has 2 aromatic rings. The molecule has 1 N–H and O–H groups in total. The number of para-hydroxylation sites is 2. The largest absolute Gasteiger partial charge is 0.368 e. The first-order chi connectivity index (χ1) is 7.81. The van der Waals surface area contributed by atoms with E-state index in [0.717, 1.165) is 34.8 Å². The van der Waals surface area contributed by atoms with Crippen LogP contribution in [0.2, 0.25) is 0 Å². The van der Waals surface area contributed by atoms with Crippen LogP contribution in [0.25, 0.3) is 11.0 Å². The van der Waals surface area contributed by atoms with Crippen LogP contribution >= 0.6 is 11.8 Å². The predicted molar refractivity (Wildman–Crippen MR) is 71.1 cm³/mol. The summed E-state index contributed by atoms with van der Waals surface area (Å²) >= 11 is 1.82. The molecule has 0 aliphatic rings. The van der Waals surface area contributed by atoms with Gasteiger partial charge in [0.15, 0.2) is 0 Å². The molecule has 0 aliphatic carbocycles. The van der Waals surface area contributed by atoms with Crippen LogP contribution in [-0.2, 0) is 0 Å². The Morgan fingerprint density at radius 3 is 2.56 bits per heavy atom. The standard InChI is InChI=1S/C12H15N3S/c1-9-12(13-7-8-16-2)15-11-6-4-3-5-10(11)14-9/h3-6H,7-8H2,1-2H3,(H,13,15). The molecule has 0 saturated heterocycles. The van der Waals surface area contributed by atoms with Gasteiger partial charge in [-0.15, -0.1) is 0 Å². The zero-order valence-electron chi connectivity index (χ0n) is 9.53. The minimum atomic E-state index is 0.896. The smallest absolute Gasteiger partial charge is 0.148 e. The zero-order chi connectivity index (χ0) is 11.4. The summed E-state index contributed by atoms with van der Waals surface area (Å²) in [5.41, 5.74) is 2.86. The maximum Gasteiger partial charge on any atom is 0.148 e. The SMILES string of the molecule is CSCCNc1nc2ccccc2nc1C. The summed E-state index contributed by atoms with van der Waals surface area (Å²) in [5, 5.41) is 3.31. The number of hydrogen-bond donors (Lipinski definition) is 1. The van der Waals surface area contributed by atoms with Gasteiger partial charge in [-0.2, -0.15) is 11.8 Å². The molecule has 16 heavy (non-hydrogen) atoms. The van der Waals surface area contributed by atoms with Gasteiger partial charge in [0.1, 0.15) is 5.82 Å². The Labute approximate surface area is 99.7 Å². The lowest BCUT2D eigenvalue weighted by molar-refractivity contribution is 1.12. The van der Waals surface area contributed by atoms with Crippen molar-refractivity contribution in [1.82, 2.24) is 9.97 Å². The summed E-state index contributed by atoms with van der Waals surface area (Å²) in [6.07, 6.45) is 2.10. The summed E-state index contributed by atoms with van der Waals surface area (Å²) < 4.78 is 0. The van der Waals surface area contributed by atoms with Gasteiger partial charge < -0.3 is 5.32 Å². The summed E-state index contributed by atoms with van der Waals surface area (Å²) in [6.45, 7) is 2.91. The number of nitrogens with zero attached hydrogens (tertiary/aromatic N) is 2. The van der Waals surface area contributed by atoms with E-state index in [9.17, 15) is 0 Å². The van der Waals surface area contributed by atoms with Crippen LogP contribution in [0.5, 0.6) is 0 Å². The number of rotatable bonds is 4. The third-order valence-electron chi connectivity index (χ3n) is 2.34. The monoisotopic (exact) mass is 233 g/mol. The summed E-state index contributed by atoms with van der Waals surface area (Å²) in [6, 6.07) is 7.94. The molecule has 0 amide bonds. The third-order valence-corrected chi connectivity index (χ3v) is 2.96. The number of fused-ring (bicyclic) bond motifs is 1. The van der Waals surface area contributed by atoms with Gasteiger partial charge in [-0.25, -0.2) is 9.97 Å². The topological polar surface area (TPSA) is 37.8 Å². The highest BCUT2D eigenvalue weighted by Gasteiger charge is 2.03. The average molecular weight is 233 g/mol. The van der Waals surface area contributed by atoms with Gasteiger partial charge in [-0.05, 0) is 25.3 Å². The highest BCUT2D eigenvalue weighted by molar-refractivity contribution is 7.98. The Morgan fingerprint density at radius 1 is 1.19 bits per heavy atom. The van der Waals surface area contributed by atoms with Crippen LogP contribution in [0, 0.1) is 6.92 Å². The molecule has 0 radical (unpaired) electrons. The van der Waals surface area contributed by atoms with Gasteiger partial charge in [-0.1, -0.05) is 12.1 Å². The number of benzene rings is 1. The Bertz CT molecular complexity index is 485. The molecule has 4 heteroatoms. The second-order valence-electron chi connectivity index (χ2n) is 3.57. The van der Waals surface area contributed by atoms with Crippen molar-refractivity contribution in [2.24, 2.45) is 0 Å². The fraction of sp³-hybridized carbons (Fsp3) is 0.333. The molecular weight excluding hydrogens is 218 g/mol. The highest BCUT2D eigenvalue weighted by atomic mass is 32.2. The van der Waals surface area contributed by atoms with Crippen molar-refractivity contribution >= 4 is 28.6 Å². The van der Waals surface area contributed by atoms with E-state index < -0.39 is 0 Å². The van der Waals surface area contributed by atoms with E-state index in [1.807, 2.05) is 43.0 Å². The zero-order valence-corrected chi connectivity index (χ0v) is 10.3. The minimum Gasteiger partial charge on any atom is -0.368 e. The molecule has 0 unspecified atom stereocenters. The normalized spacial score (nSPS) is 10.6. The fourth-order valence-corrected chi connectivity index (χ4v) is 1.83. The molecule has 3 nitrogen and oxygen atoms in total.